The van der Waals surface area contributed by atoms with Crippen LogP contribution in [0.1, 0.15) is 39.5 Å². The topological polar surface area (TPSA) is 18.5 Å². The van der Waals surface area contributed by atoms with Gasteiger partial charge in [0, 0.05) is 19.6 Å². The monoisotopic (exact) mass is 186 g/mol. The number of hydrogen-bond donors (Lipinski definition) is 0. The summed E-state index contributed by atoms with van der Waals surface area (Å²) >= 11 is 0. The molecule has 2 nitrogen and oxygen atoms in total. The maximum absolute atomic E-state index is 5.29. The molecule has 0 unspecified atom stereocenters. The second kappa shape index (κ2) is 11.9. The molecule has 0 aliphatic carbocycles. The second-order valence-corrected chi connectivity index (χ2v) is 3.06. The molecule has 0 saturated heterocycles. The van der Waals surface area contributed by atoms with E-state index in [1.807, 2.05) is 0 Å². The summed E-state index contributed by atoms with van der Waals surface area (Å²) in [4.78, 5) is 0. The van der Waals surface area contributed by atoms with E-state index in [1.54, 1.807) is 0 Å². The van der Waals surface area contributed by atoms with Gasteiger partial charge in [-0.2, -0.15) is 0 Å². The molecule has 0 heterocycles. The Kier molecular flexibility index (Phi) is 11.8. The summed E-state index contributed by atoms with van der Waals surface area (Å²) in [5.74, 6) is 0. The summed E-state index contributed by atoms with van der Waals surface area (Å²) in [5, 5.41) is 0. The van der Waals surface area contributed by atoms with Gasteiger partial charge in [0.1, 0.15) is 0 Å². The van der Waals surface area contributed by atoms with Crippen molar-refractivity contribution in [2.24, 2.45) is 0 Å². The lowest BCUT2D eigenvalue weighted by atomic mass is 10.3. The Bertz CT molecular complexity index is 74.2. The fourth-order valence-corrected chi connectivity index (χ4v) is 0.823. The van der Waals surface area contributed by atoms with Crippen molar-refractivity contribution in [2.45, 2.75) is 39.5 Å². The van der Waals surface area contributed by atoms with Gasteiger partial charge in [0.25, 0.3) is 0 Å². The number of ether oxygens (including phenoxy) is 2. The van der Waals surface area contributed by atoms with Crippen LogP contribution in [0.2, 0.25) is 0 Å². The summed E-state index contributed by atoms with van der Waals surface area (Å²) in [6.45, 7) is 7.21. The van der Waals surface area contributed by atoms with Crippen LogP contribution in [0.15, 0.2) is 0 Å². The van der Waals surface area contributed by atoms with E-state index in [2.05, 4.69) is 20.3 Å². The van der Waals surface area contributed by atoms with Gasteiger partial charge in [-0.15, -0.1) is 0 Å². The van der Waals surface area contributed by atoms with Crippen LogP contribution in [0.25, 0.3) is 0 Å². The van der Waals surface area contributed by atoms with Crippen LogP contribution in [-0.4, -0.2) is 26.4 Å². The van der Waals surface area contributed by atoms with Crippen molar-refractivity contribution < 1.29 is 9.47 Å². The van der Waals surface area contributed by atoms with Gasteiger partial charge >= 0.3 is 0 Å². The van der Waals surface area contributed by atoms with Crippen molar-refractivity contribution >= 4 is 0 Å². The molecule has 0 bridgehead atoms. The normalized spacial score (nSPS) is 10.6. The number of hydrogen-bond acceptors (Lipinski definition) is 2. The Balaban J connectivity index is 2.76. The Morgan fingerprint density at radius 1 is 0.846 bits per heavy atom. The first kappa shape index (κ1) is 12.9. The summed E-state index contributed by atoms with van der Waals surface area (Å²) < 4.78 is 10.6. The van der Waals surface area contributed by atoms with Crippen molar-refractivity contribution in [3.05, 3.63) is 6.42 Å². The van der Waals surface area contributed by atoms with Gasteiger partial charge in [0.15, 0.2) is 0 Å². The highest BCUT2D eigenvalue weighted by Crippen LogP contribution is 1.91. The highest BCUT2D eigenvalue weighted by atomic mass is 16.5. The van der Waals surface area contributed by atoms with Gasteiger partial charge in [-0.3, -0.25) is 0 Å². The van der Waals surface area contributed by atoms with Crippen LogP contribution in [-0.2, 0) is 9.47 Å². The molecule has 78 valence electrons. The minimum atomic E-state index is 0.603. The van der Waals surface area contributed by atoms with E-state index < -0.39 is 0 Å². The molecule has 2 radical (unpaired) electrons. The third kappa shape index (κ3) is 11.9. The van der Waals surface area contributed by atoms with E-state index in [9.17, 15) is 0 Å². The van der Waals surface area contributed by atoms with Gasteiger partial charge in [0.2, 0.25) is 0 Å². The molecule has 0 atom stereocenters. The lowest BCUT2D eigenvalue weighted by Crippen LogP contribution is -2.03. The van der Waals surface area contributed by atoms with Crippen LogP contribution in [0.3, 0.4) is 0 Å². The molecular weight excluding hydrogens is 164 g/mol. The third-order valence-corrected chi connectivity index (χ3v) is 1.69. The zero-order chi connectivity index (χ0) is 9.78. The lowest BCUT2D eigenvalue weighted by molar-refractivity contribution is 0.113. The molecule has 0 aromatic heterocycles. The predicted octanol–water partition coefficient (Wildman–Crippen LogP) is 2.70. The van der Waals surface area contributed by atoms with Crippen molar-refractivity contribution in [2.75, 3.05) is 26.4 Å². The van der Waals surface area contributed by atoms with Gasteiger partial charge in [-0.25, -0.2) is 0 Å². The average molecular weight is 186 g/mol. The first-order valence-corrected chi connectivity index (χ1v) is 5.28. The Hall–Kier alpha value is -0.0800. The smallest absolute Gasteiger partial charge is 0.0559 e. The van der Waals surface area contributed by atoms with Crippen LogP contribution < -0.4 is 0 Å². The molecular formula is C11H22O2. The van der Waals surface area contributed by atoms with E-state index >= 15 is 0 Å². The maximum atomic E-state index is 5.29. The molecule has 0 aliphatic heterocycles. The number of unbranched alkanes of at least 4 members (excludes halogenated alkanes) is 2. The molecule has 0 N–H and O–H groups in total. The molecule has 0 fully saturated rings. The van der Waals surface area contributed by atoms with E-state index in [0.717, 1.165) is 26.1 Å². The maximum Gasteiger partial charge on any atom is 0.0559 e. The van der Waals surface area contributed by atoms with Gasteiger partial charge in [0.05, 0.1) is 13.2 Å². The second-order valence-electron chi connectivity index (χ2n) is 3.06. The molecule has 0 rings (SSSR count). The Morgan fingerprint density at radius 2 is 1.31 bits per heavy atom. The molecule has 13 heavy (non-hydrogen) atoms. The summed E-state index contributed by atoms with van der Waals surface area (Å²) in [7, 11) is 0. The zero-order valence-corrected chi connectivity index (χ0v) is 8.97. The van der Waals surface area contributed by atoms with E-state index in [1.165, 1.54) is 12.8 Å². The van der Waals surface area contributed by atoms with Gasteiger partial charge in [-0.1, -0.05) is 26.7 Å². The van der Waals surface area contributed by atoms with E-state index in [-0.39, 0.29) is 0 Å². The minimum Gasteiger partial charge on any atom is -0.381 e. The predicted molar refractivity (Wildman–Crippen MR) is 54.7 cm³/mol. The molecule has 0 saturated carbocycles. The van der Waals surface area contributed by atoms with Crippen molar-refractivity contribution in [3.8, 4) is 0 Å². The summed E-state index contributed by atoms with van der Waals surface area (Å²) in [5.41, 5.74) is 0. The largest absolute Gasteiger partial charge is 0.381 e. The highest BCUT2D eigenvalue weighted by Gasteiger charge is 1.90. The Labute approximate surface area is 82.6 Å². The van der Waals surface area contributed by atoms with Crippen LogP contribution in [0.5, 0.6) is 0 Å². The van der Waals surface area contributed by atoms with Crippen molar-refractivity contribution in [1.82, 2.24) is 0 Å². The van der Waals surface area contributed by atoms with Crippen molar-refractivity contribution in [1.29, 1.82) is 0 Å². The summed E-state index contributed by atoms with van der Waals surface area (Å²) in [6.07, 6.45) is 7.71. The van der Waals surface area contributed by atoms with Gasteiger partial charge in [-0.05, 0) is 12.8 Å². The van der Waals surface area contributed by atoms with Gasteiger partial charge < -0.3 is 9.47 Å². The molecule has 2 heteroatoms. The van der Waals surface area contributed by atoms with E-state index in [0.29, 0.717) is 13.2 Å². The lowest BCUT2D eigenvalue weighted by Gasteiger charge is -2.03. The fraction of sp³-hybridized carbons (Fsp3) is 0.909. The minimum absolute atomic E-state index is 0.603. The molecule has 0 aromatic rings. The highest BCUT2D eigenvalue weighted by molar-refractivity contribution is 4.61. The van der Waals surface area contributed by atoms with Crippen LogP contribution >= 0.6 is 0 Å². The molecule has 0 amide bonds. The quantitative estimate of drug-likeness (QED) is 0.488. The first-order valence-electron chi connectivity index (χ1n) is 5.28. The van der Waals surface area contributed by atoms with Crippen molar-refractivity contribution in [3.63, 3.8) is 0 Å². The first-order chi connectivity index (χ1) is 6.41. The molecule has 0 spiro atoms. The summed E-state index contributed by atoms with van der Waals surface area (Å²) in [6, 6.07) is 0. The standard InChI is InChI=1S/C11H22O2/c1-3-5-8-12-10-7-11-13-9-6-4-2/h3-6,8-11H2,1-2H3. The third-order valence-electron chi connectivity index (χ3n) is 1.69. The average Bonchev–Trinajstić information content (AvgIpc) is 2.16. The van der Waals surface area contributed by atoms with Crippen LogP contribution in [0, 0.1) is 6.42 Å². The SMILES string of the molecule is CCCCOC[C]COCCCC. The van der Waals surface area contributed by atoms with Crippen LogP contribution in [0.4, 0.5) is 0 Å². The molecule has 0 aromatic carbocycles. The fourth-order valence-electron chi connectivity index (χ4n) is 0.823. The molecule has 0 aliphatic rings. The number of rotatable bonds is 10. The Morgan fingerprint density at radius 3 is 1.69 bits per heavy atom. The zero-order valence-electron chi connectivity index (χ0n) is 8.97. The van der Waals surface area contributed by atoms with E-state index in [4.69, 9.17) is 9.47 Å².